The second-order valence-corrected chi connectivity index (χ2v) is 8.03. The number of aromatic nitrogens is 2. The summed E-state index contributed by atoms with van der Waals surface area (Å²) in [5.74, 6) is -0.681. The number of benzene rings is 1. The molecule has 0 atom stereocenters. The van der Waals surface area contributed by atoms with Crippen LogP contribution in [0.15, 0.2) is 47.6 Å². The summed E-state index contributed by atoms with van der Waals surface area (Å²) in [4.78, 5) is 23.8. The molecular formula is C17H21N5O4S. The van der Waals surface area contributed by atoms with Crippen LogP contribution in [0.4, 0.5) is 0 Å². The van der Waals surface area contributed by atoms with Crippen molar-refractivity contribution in [2.24, 2.45) is 0 Å². The van der Waals surface area contributed by atoms with Gasteiger partial charge in [0.1, 0.15) is 0 Å². The standard InChI is InChI=1S/C17H21N5O4S/c23-16-13-22(11-8-18-16)27(25,26)15-5-1-4-14(12-15)17(24)19-6-2-9-21-10-3-7-20-21/h1,3-5,7,10,12H,2,6,8-9,11,13H2,(H,18,23)(H,19,24). The fourth-order valence-electron chi connectivity index (χ4n) is 2.74. The second kappa shape index (κ2) is 8.31. The predicted octanol–water partition coefficient (Wildman–Crippen LogP) is -0.176. The van der Waals surface area contributed by atoms with Crippen LogP contribution in [-0.2, 0) is 21.4 Å². The smallest absolute Gasteiger partial charge is 0.251 e. The van der Waals surface area contributed by atoms with Gasteiger partial charge in [-0.25, -0.2) is 8.42 Å². The van der Waals surface area contributed by atoms with E-state index in [4.69, 9.17) is 0 Å². The topological polar surface area (TPSA) is 113 Å². The first-order valence-corrected chi connectivity index (χ1v) is 10.0. The fourth-order valence-corrected chi connectivity index (χ4v) is 4.19. The minimum absolute atomic E-state index is 0.00129. The fraction of sp³-hybridized carbons (Fsp3) is 0.353. The van der Waals surface area contributed by atoms with Crippen LogP contribution in [0.5, 0.6) is 0 Å². The van der Waals surface area contributed by atoms with Gasteiger partial charge in [-0.3, -0.25) is 14.3 Å². The molecule has 2 heterocycles. The number of amides is 2. The van der Waals surface area contributed by atoms with Crippen LogP contribution in [0.3, 0.4) is 0 Å². The third-order valence-electron chi connectivity index (χ3n) is 4.15. The maximum absolute atomic E-state index is 12.7. The van der Waals surface area contributed by atoms with Gasteiger partial charge in [-0.2, -0.15) is 9.40 Å². The molecule has 0 aliphatic carbocycles. The zero-order chi connectivity index (χ0) is 19.3. The molecule has 2 N–H and O–H groups in total. The lowest BCUT2D eigenvalue weighted by molar-refractivity contribution is -0.122. The van der Waals surface area contributed by atoms with Crippen molar-refractivity contribution in [2.45, 2.75) is 17.9 Å². The SMILES string of the molecule is O=C1CN(S(=O)(=O)c2cccc(C(=O)NCCCn3cccn3)c2)CCN1. The average molecular weight is 391 g/mol. The molecule has 144 valence electrons. The lowest BCUT2D eigenvalue weighted by Crippen LogP contribution is -2.49. The molecule has 1 saturated heterocycles. The molecule has 3 rings (SSSR count). The van der Waals surface area contributed by atoms with Gasteiger partial charge in [0, 0.05) is 44.1 Å². The number of hydrogen-bond donors (Lipinski definition) is 2. The number of piperazine rings is 1. The van der Waals surface area contributed by atoms with Crippen molar-refractivity contribution in [3.63, 3.8) is 0 Å². The molecular weight excluding hydrogens is 370 g/mol. The Labute approximate surface area is 157 Å². The van der Waals surface area contributed by atoms with Crippen LogP contribution in [0.2, 0.25) is 0 Å². The van der Waals surface area contributed by atoms with Crippen LogP contribution < -0.4 is 10.6 Å². The largest absolute Gasteiger partial charge is 0.354 e. The molecule has 0 bridgehead atoms. The molecule has 1 aliphatic heterocycles. The normalized spacial score (nSPS) is 15.3. The van der Waals surface area contributed by atoms with E-state index < -0.39 is 10.0 Å². The molecule has 10 heteroatoms. The number of hydrogen-bond acceptors (Lipinski definition) is 5. The Morgan fingerprint density at radius 3 is 2.89 bits per heavy atom. The highest BCUT2D eigenvalue weighted by molar-refractivity contribution is 7.89. The number of nitrogens with zero attached hydrogens (tertiary/aromatic N) is 3. The van der Waals surface area contributed by atoms with Gasteiger partial charge >= 0.3 is 0 Å². The number of carbonyl (C=O) groups is 2. The molecule has 1 fully saturated rings. The van der Waals surface area contributed by atoms with Crippen LogP contribution >= 0.6 is 0 Å². The van der Waals surface area contributed by atoms with E-state index in [1.165, 1.54) is 18.2 Å². The third kappa shape index (κ3) is 4.72. The van der Waals surface area contributed by atoms with E-state index >= 15 is 0 Å². The summed E-state index contributed by atoms with van der Waals surface area (Å²) >= 11 is 0. The van der Waals surface area contributed by atoms with Gasteiger partial charge in [-0.1, -0.05) is 6.07 Å². The molecule has 1 aromatic carbocycles. The predicted molar refractivity (Wildman–Crippen MR) is 97.4 cm³/mol. The molecule has 0 saturated carbocycles. The van der Waals surface area contributed by atoms with Crippen LogP contribution in [0, 0.1) is 0 Å². The average Bonchev–Trinajstić information content (AvgIpc) is 3.18. The quantitative estimate of drug-likeness (QED) is 0.636. The molecule has 1 aliphatic rings. The molecule has 9 nitrogen and oxygen atoms in total. The monoisotopic (exact) mass is 391 g/mol. The van der Waals surface area contributed by atoms with E-state index in [0.717, 1.165) is 4.31 Å². The van der Waals surface area contributed by atoms with Crippen LogP contribution in [-0.4, -0.2) is 60.5 Å². The summed E-state index contributed by atoms with van der Waals surface area (Å²) in [5.41, 5.74) is 0.261. The lowest BCUT2D eigenvalue weighted by atomic mass is 10.2. The van der Waals surface area contributed by atoms with Gasteiger partial charge in [0.25, 0.3) is 5.91 Å². The second-order valence-electron chi connectivity index (χ2n) is 6.09. The van der Waals surface area contributed by atoms with Crippen molar-refractivity contribution < 1.29 is 18.0 Å². The number of rotatable bonds is 7. The van der Waals surface area contributed by atoms with Gasteiger partial charge in [-0.05, 0) is 30.7 Å². The van der Waals surface area contributed by atoms with E-state index in [1.54, 1.807) is 16.9 Å². The zero-order valence-corrected chi connectivity index (χ0v) is 15.5. The van der Waals surface area contributed by atoms with Gasteiger partial charge in [0.05, 0.1) is 11.4 Å². The highest BCUT2D eigenvalue weighted by Gasteiger charge is 2.29. The summed E-state index contributed by atoms with van der Waals surface area (Å²) in [6.45, 7) is 1.39. The molecule has 0 radical (unpaired) electrons. The molecule has 2 aromatic rings. The maximum atomic E-state index is 12.7. The molecule has 1 aromatic heterocycles. The number of carbonyl (C=O) groups excluding carboxylic acids is 2. The summed E-state index contributed by atoms with van der Waals surface area (Å²) in [7, 11) is -3.82. The van der Waals surface area contributed by atoms with E-state index in [0.29, 0.717) is 19.5 Å². The van der Waals surface area contributed by atoms with E-state index in [1.807, 2.05) is 12.3 Å². The Morgan fingerprint density at radius 1 is 1.30 bits per heavy atom. The van der Waals surface area contributed by atoms with E-state index in [9.17, 15) is 18.0 Å². The Bertz CT molecular complexity index is 911. The Balaban J connectivity index is 1.62. The van der Waals surface area contributed by atoms with Crippen LogP contribution in [0.25, 0.3) is 0 Å². The summed E-state index contributed by atoms with van der Waals surface area (Å²) < 4.78 is 28.3. The maximum Gasteiger partial charge on any atom is 0.251 e. The highest BCUT2D eigenvalue weighted by Crippen LogP contribution is 2.18. The van der Waals surface area contributed by atoms with E-state index in [-0.39, 0.29) is 41.9 Å². The Hall–Kier alpha value is -2.72. The number of sulfonamides is 1. The Morgan fingerprint density at radius 2 is 2.15 bits per heavy atom. The number of nitrogens with one attached hydrogen (secondary N) is 2. The summed E-state index contributed by atoms with van der Waals surface area (Å²) in [5, 5.41) is 9.45. The van der Waals surface area contributed by atoms with Crippen molar-refractivity contribution in [2.75, 3.05) is 26.2 Å². The zero-order valence-electron chi connectivity index (χ0n) is 14.7. The minimum Gasteiger partial charge on any atom is -0.354 e. The molecule has 0 spiro atoms. The van der Waals surface area contributed by atoms with Gasteiger partial charge in [0.2, 0.25) is 15.9 Å². The van der Waals surface area contributed by atoms with Gasteiger partial charge in [-0.15, -0.1) is 0 Å². The van der Waals surface area contributed by atoms with Gasteiger partial charge < -0.3 is 10.6 Å². The van der Waals surface area contributed by atoms with E-state index in [2.05, 4.69) is 15.7 Å². The summed E-state index contributed by atoms with van der Waals surface area (Å²) in [6, 6.07) is 7.68. The summed E-state index contributed by atoms with van der Waals surface area (Å²) in [6.07, 6.45) is 4.24. The van der Waals surface area contributed by atoms with Crippen molar-refractivity contribution in [1.29, 1.82) is 0 Å². The first-order valence-electron chi connectivity index (χ1n) is 8.59. The first kappa shape index (κ1) is 19.1. The number of aryl methyl sites for hydroxylation is 1. The third-order valence-corrected chi connectivity index (χ3v) is 5.99. The van der Waals surface area contributed by atoms with Crippen molar-refractivity contribution in [3.05, 3.63) is 48.3 Å². The van der Waals surface area contributed by atoms with Crippen LogP contribution in [0.1, 0.15) is 16.8 Å². The highest BCUT2D eigenvalue weighted by atomic mass is 32.2. The Kier molecular flexibility index (Phi) is 5.87. The lowest BCUT2D eigenvalue weighted by Gasteiger charge is -2.26. The molecule has 0 unspecified atom stereocenters. The van der Waals surface area contributed by atoms with Crippen molar-refractivity contribution in [1.82, 2.24) is 24.7 Å². The molecule has 2 amide bonds. The van der Waals surface area contributed by atoms with Crippen molar-refractivity contribution >= 4 is 21.8 Å². The minimum atomic E-state index is -3.82. The van der Waals surface area contributed by atoms with Crippen molar-refractivity contribution in [3.8, 4) is 0 Å². The first-order chi connectivity index (χ1) is 13.0. The van der Waals surface area contributed by atoms with Gasteiger partial charge in [0.15, 0.2) is 0 Å². The molecule has 27 heavy (non-hydrogen) atoms.